The van der Waals surface area contributed by atoms with Crippen LogP contribution in [0.3, 0.4) is 0 Å². The van der Waals surface area contributed by atoms with E-state index in [1.54, 1.807) is 24.3 Å². The highest BCUT2D eigenvalue weighted by atomic mass is 16.3. The zero-order valence-corrected chi connectivity index (χ0v) is 14.0. The van der Waals surface area contributed by atoms with E-state index in [-0.39, 0.29) is 11.6 Å². The van der Waals surface area contributed by atoms with Crippen molar-refractivity contribution >= 4 is 5.70 Å². The second kappa shape index (κ2) is 7.05. The lowest BCUT2D eigenvalue weighted by Gasteiger charge is -2.37. The Bertz CT molecular complexity index is 639. The van der Waals surface area contributed by atoms with Crippen molar-refractivity contribution in [2.45, 2.75) is 12.8 Å². The van der Waals surface area contributed by atoms with E-state index in [4.69, 9.17) is 17.2 Å². The maximum Gasteiger partial charge on any atom is 0.124 e. The minimum absolute atomic E-state index is 0.149. The molecule has 1 aliphatic heterocycles. The second-order valence-corrected chi connectivity index (χ2v) is 6.69. The molecule has 1 heterocycles. The molecule has 1 aliphatic carbocycles. The van der Waals surface area contributed by atoms with E-state index in [1.165, 1.54) is 19.4 Å². The number of aromatic hydroxyl groups is 1. The Kier molecular flexibility index (Phi) is 4.85. The van der Waals surface area contributed by atoms with Gasteiger partial charge in [0, 0.05) is 44.0 Å². The first kappa shape index (κ1) is 16.5. The molecule has 0 aromatic heterocycles. The van der Waals surface area contributed by atoms with Crippen molar-refractivity contribution in [1.29, 1.82) is 0 Å². The highest BCUT2D eigenvalue weighted by Crippen LogP contribution is 2.30. The molecule has 0 bridgehead atoms. The number of benzene rings is 1. The number of hydrogen-bond acceptors (Lipinski definition) is 6. The highest BCUT2D eigenvalue weighted by Gasteiger charge is 2.27. The van der Waals surface area contributed by atoms with Gasteiger partial charge in [-0.2, -0.15) is 0 Å². The normalized spacial score (nSPS) is 19.3. The minimum atomic E-state index is 0.149. The molecule has 6 nitrogen and oxygen atoms in total. The van der Waals surface area contributed by atoms with Crippen LogP contribution < -0.4 is 17.2 Å². The van der Waals surface area contributed by atoms with Crippen LogP contribution in [0.4, 0.5) is 0 Å². The molecule has 6 heteroatoms. The van der Waals surface area contributed by atoms with Gasteiger partial charge in [0.2, 0.25) is 0 Å². The Hall–Kier alpha value is -2.34. The number of piperazine rings is 1. The quantitative estimate of drug-likeness (QED) is 0.596. The molecule has 7 N–H and O–H groups in total. The van der Waals surface area contributed by atoms with E-state index in [1.807, 2.05) is 6.07 Å². The van der Waals surface area contributed by atoms with E-state index in [0.717, 1.165) is 37.8 Å². The number of hydrogen-bond donors (Lipinski definition) is 4. The van der Waals surface area contributed by atoms with Gasteiger partial charge < -0.3 is 27.2 Å². The van der Waals surface area contributed by atoms with Gasteiger partial charge in [-0.15, -0.1) is 0 Å². The molecular formula is C18H27N5O. The van der Waals surface area contributed by atoms with Crippen molar-refractivity contribution < 1.29 is 5.11 Å². The van der Waals surface area contributed by atoms with Crippen LogP contribution in [0, 0.1) is 5.92 Å². The molecule has 1 saturated heterocycles. The van der Waals surface area contributed by atoms with Crippen molar-refractivity contribution in [1.82, 2.24) is 9.80 Å². The van der Waals surface area contributed by atoms with Gasteiger partial charge >= 0.3 is 0 Å². The first-order chi connectivity index (χ1) is 11.5. The third-order valence-corrected chi connectivity index (χ3v) is 4.73. The third kappa shape index (κ3) is 3.94. The van der Waals surface area contributed by atoms with E-state index in [9.17, 15) is 5.11 Å². The summed E-state index contributed by atoms with van der Waals surface area (Å²) in [5.74, 6) is 1.31. The molecule has 0 amide bonds. The summed E-state index contributed by atoms with van der Waals surface area (Å²) >= 11 is 0. The van der Waals surface area contributed by atoms with Gasteiger partial charge in [-0.1, -0.05) is 12.1 Å². The number of nitrogens with zero attached hydrogens (tertiary/aromatic N) is 2. The van der Waals surface area contributed by atoms with Crippen LogP contribution in [-0.2, 0) is 0 Å². The van der Waals surface area contributed by atoms with Gasteiger partial charge in [0.05, 0.1) is 5.70 Å². The molecule has 0 spiro atoms. The summed E-state index contributed by atoms with van der Waals surface area (Å²) in [6, 6.07) is 6.99. The standard InChI is InChI=1S/C18H27N5O/c19-15(14-3-1-2-4-17(14)24)11-16(18(20)21)23-9-7-22(8-10-23)12-13-5-6-13/h1-4,11,13,24H,5-10,12,19-21H2/b15-11-. The maximum atomic E-state index is 9.95. The molecule has 2 aliphatic rings. The molecule has 0 atom stereocenters. The van der Waals surface area contributed by atoms with Crippen LogP contribution in [0.5, 0.6) is 5.75 Å². The van der Waals surface area contributed by atoms with Crippen LogP contribution >= 0.6 is 0 Å². The van der Waals surface area contributed by atoms with Crippen LogP contribution in [0.1, 0.15) is 18.4 Å². The first-order valence-corrected chi connectivity index (χ1v) is 8.52. The van der Waals surface area contributed by atoms with Gasteiger partial charge in [0.1, 0.15) is 11.6 Å². The Morgan fingerprint density at radius 3 is 2.33 bits per heavy atom. The maximum absolute atomic E-state index is 9.95. The Labute approximate surface area is 143 Å². The lowest BCUT2D eigenvalue weighted by atomic mass is 10.1. The molecule has 0 unspecified atom stereocenters. The van der Waals surface area contributed by atoms with Crippen molar-refractivity contribution in [3.05, 3.63) is 47.4 Å². The molecule has 2 fully saturated rings. The van der Waals surface area contributed by atoms with E-state index >= 15 is 0 Å². The van der Waals surface area contributed by atoms with Crippen LogP contribution in [0.15, 0.2) is 41.9 Å². The average molecular weight is 329 g/mol. The van der Waals surface area contributed by atoms with E-state index < -0.39 is 0 Å². The molecule has 0 radical (unpaired) electrons. The van der Waals surface area contributed by atoms with Crippen molar-refractivity contribution in [2.75, 3.05) is 32.7 Å². The number of para-hydroxylation sites is 1. The Morgan fingerprint density at radius 2 is 1.75 bits per heavy atom. The van der Waals surface area contributed by atoms with Gasteiger partial charge in [-0.05, 0) is 37.0 Å². The molecule has 1 saturated carbocycles. The van der Waals surface area contributed by atoms with E-state index in [2.05, 4.69) is 9.80 Å². The molecule has 3 rings (SSSR count). The number of rotatable bonds is 5. The summed E-state index contributed by atoms with van der Waals surface area (Å²) in [7, 11) is 0. The summed E-state index contributed by atoms with van der Waals surface area (Å²) in [4.78, 5) is 4.68. The topological polar surface area (TPSA) is 105 Å². The lowest BCUT2D eigenvalue weighted by molar-refractivity contribution is 0.156. The third-order valence-electron chi connectivity index (χ3n) is 4.73. The zero-order chi connectivity index (χ0) is 17.1. The number of phenols is 1. The predicted molar refractivity (Wildman–Crippen MR) is 96.4 cm³/mol. The number of phenolic OH excluding ortho intramolecular Hbond substituents is 1. The fourth-order valence-electron chi connectivity index (χ4n) is 3.14. The summed E-state index contributed by atoms with van der Waals surface area (Å²) < 4.78 is 0. The second-order valence-electron chi connectivity index (χ2n) is 6.69. The van der Waals surface area contributed by atoms with Gasteiger partial charge in [0.15, 0.2) is 0 Å². The average Bonchev–Trinajstić information content (AvgIpc) is 3.37. The largest absolute Gasteiger partial charge is 0.507 e. The summed E-state index contributed by atoms with van der Waals surface area (Å²) in [5.41, 5.74) is 19.7. The smallest absolute Gasteiger partial charge is 0.124 e. The van der Waals surface area contributed by atoms with Crippen LogP contribution in [0.25, 0.3) is 5.70 Å². The number of nitrogens with two attached hydrogens (primary N) is 3. The predicted octanol–water partition coefficient (Wildman–Crippen LogP) is 0.806. The van der Waals surface area contributed by atoms with Crippen molar-refractivity contribution in [3.63, 3.8) is 0 Å². The van der Waals surface area contributed by atoms with Crippen molar-refractivity contribution in [3.8, 4) is 5.75 Å². The molecule has 130 valence electrons. The summed E-state index contributed by atoms with van der Waals surface area (Å²) in [6.07, 6.45) is 4.52. The summed E-state index contributed by atoms with van der Waals surface area (Å²) in [6.45, 7) is 4.99. The summed E-state index contributed by atoms with van der Waals surface area (Å²) in [5, 5.41) is 9.95. The molecule has 1 aromatic rings. The van der Waals surface area contributed by atoms with Gasteiger partial charge in [-0.3, -0.25) is 4.90 Å². The minimum Gasteiger partial charge on any atom is -0.507 e. The Morgan fingerprint density at radius 1 is 1.08 bits per heavy atom. The lowest BCUT2D eigenvalue weighted by Crippen LogP contribution is -2.47. The van der Waals surface area contributed by atoms with Crippen molar-refractivity contribution in [2.24, 2.45) is 23.1 Å². The fraction of sp³-hybridized carbons (Fsp3) is 0.444. The van der Waals surface area contributed by atoms with Gasteiger partial charge in [0.25, 0.3) is 0 Å². The van der Waals surface area contributed by atoms with E-state index in [0.29, 0.717) is 11.3 Å². The molecule has 1 aromatic carbocycles. The SMILES string of the molecule is NC(N)=C(/C=C(\N)c1ccccc1O)N1CCN(CC2CC2)CC1. The fourth-order valence-corrected chi connectivity index (χ4v) is 3.14. The number of allylic oxidation sites excluding steroid dienone is 1. The molecule has 24 heavy (non-hydrogen) atoms. The van der Waals surface area contributed by atoms with Crippen LogP contribution in [-0.4, -0.2) is 47.6 Å². The first-order valence-electron chi connectivity index (χ1n) is 8.52. The highest BCUT2D eigenvalue weighted by molar-refractivity contribution is 5.69. The monoisotopic (exact) mass is 329 g/mol. The zero-order valence-electron chi connectivity index (χ0n) is 14.0. The van der Waals surface area contributed by atoms with Crippen LogP contribution in [0.2, 0.25) is 0 Å². The molecular weight excluding hydrogens is 302 g/mol. The van der Waals surface area contributed by atoms with Gasteiger partial charge in [-0.25, -0.2) is 0 Å². The Balaban J connectivity index is 1.70.